The van der Waals surface area contributed by atoms with Crippen molar-refractivity contribution in [3.05, 3.63) is 23.5 Å². The summed E-state index contributed by atoms with van der Waals surface area (Å²) in [7, 11) is 1.37. The average Bonchev–Trinajstić information content (AvgIpc) is 2.92. The Morgan fingerprint density at radius 3 is 2.64 bits per heavy atom. The summed E-state index contributed by atoms with van der Waals surface area (Å²) in [4.78, 5) is 17.9. The molecular formula is C16H21F3N4O2. The Morgan fingerprint density at radius 1 is 1.40 bits per heavy atom. The second-order valence-corrected chi connectivity index (χ2v) is 6.07. The van der Waals surface area contributed by atoms with Gasteiger partial charge < -0.3 is 9.64 Å². The number of pyridine rings is 1. The number of aromatic nitrogens is 3. The van der Waals surface area contributed by atoms with Gasteiger partial charge >= 0.3 is 6.18 Å². The molecular weight excluding hydrogens is 337 g/mol. The summed E-state index contributed by atoms with van der Waals surface area (Å²) in [6.07, 6.45) is -3.02. The van der Waals surface area contributed by atoms with Crippen LogP contribution in [0.3, 0.4) is 0 Å². The van der Waals surface area contributed by atoms with Gasteiger partial charge in [-0.3, -0.25) is 4.79 Å². The maximum atomic E-state index is 12.8. The number of amides is 1. The Kier molecular flexibility index (Phi) is 5.66. The number of hydrogen-bond acceptors (Lipinski definition) is 4. The molecule has 0 aliphatic carbocycles. The molecule has 0 fully saturated rings. The molecule has 0 saturated heterocycles. The molecule has 138 valence electrons. The van der Waals surface area contributed by atoms with Crippen LogP contribution in [0.15, 0.2) is 12.3 Å². The number of nitrogens with zero attached hydrogens (tertiary/aromatic N) is 4. The fourth-order valence-electron chi connectivity index (χ4n) is 2.54. The second kappa shape index (κ2) is 7.38. The Morgan fingerprint density at radius 2 is 2.08 bits per heavy atom. The van der Waals surface area contributed by atoms with Crippen molar-refractivity contribution >= 4 is 16.9 Å². The van der Waals surface area contributed by atoms with Crippen LogP contribution in [0, 0.1) is 6.92 Å². The van der Waals surface area contributed by atoms with Gasteiger partial charge in [0.25, 0.3) is 5.91 Å². The van der Waals surface area contributed by atoms with Gasteiger partial charge in [0.2, 0.25) is 0 Å². The summed E-state index contributed by atoms with van der Waals surface area (Å²) in [6, 6.07) is 1.50. The average molecular weight is 358 g/mol. The quantitative estimate of drug-likeness (QED) is 0.797. The summed E-state index contributed by atoms with van der Waals surface area (Å²) in [5.41, 5.74) is 1.18. The molecule has 0 unspecified atom stereocenters. The normalized spacial score (nSPS) is 12.2. The first-order valence-electron chi connectivity index (χ1n) is 7.84. The van der Waals surface area contributed by atoms with Crippen LogP contribution in [0.4, 0.5) is 13.2 Å². The molecule has 9 heteroatoms. The van der Waals surface area contributed by atoms with E-state index in [-0.39, 0.29) is 24.8 Å². The molecule has 0 N–H and O–H groups in total. The van der Waals surface area contributed by atoms with E-state index in [4.69, 9.17) is 4.74 Å². The van der Waals surface area contributed by atoms with Crippen molar-refractivity contribution in [2.75, 3.05) is 26.8 Å². The fourth-order valence-corrected chi connectivity index (χ4v) is 2.54. The molecule has 0 aliphatic heterocycles. The van der Waals surface area contributed by atoms with Gasteiger partial charge in [0.05, 0.1) is 23.8 Å². The smallest absolute Gasteiger partial charge is 0.383 e. The van der Waals surface area contributed by atoms with Crippen LogP contribution in [0.25, 0.3) is 11.0 Å². The third-order valence-corrected chi connectivity index (χ3v) is 3.64. The molecule has 0 aromatic carbocycles. The molecule has 0 spiro atoms. The highest BCUT2D eigenvalue weighted by atomic mass is 19.4. The highest BCUT2D eigenvalue weighted by Crippen LogP contribution is 2.24. The summed E-state index contributed by atoms with van der Waals surface area (Å²) in [5, 5.41) is 4.65. The zero-order valence-electron chi connectivity index (χ0n) is 14.6. The third kappa shape index (κ3) is 4.47. The van der Waals surface area contributed by atoms with Crippen LogP contribution < -0.4 is 0 Å². The first kappa shape index (κ1) is 19.2. The number of carbonyl (C=O) groups is 1. The van der Waals surface area contributed by atoms with Gasteiger partial charge in [0.15, 0.2) is 5.65 Å². The van der Waals surface area contributed by atoms with Crippen LogP contribution in [-0.2, 0) is 4.74 Å². The molecule has 25 heavy (non-hydrogen) atoms. The number of aryl methyl sites for hydroxylation is 1. The highest BCUT2D eigenvalue weighted by molar-refractivity contribution is 6.05. The maximum Gasteiger partial charge on any atom is 0.406 e. The van der Waals surface area contributed by atoms with E-state index < -0.39 is 18.6 Å². The molecule has 0 atom stereocenters. The van der Waals surface area contributed by atoms with Crippen molar-refractivity contribution in [3.8, 4) is 0 Å². The number of methoxy groups -OCH3 is 1. The summed E-state index contributed by atoms with van der Waals surface area (Å²) in [5.74, 6) is -0.715. The maximum absolute atomic E-state index is 12.8. The van der Waals surface area contributed by atoms with E-state index in [1.54, 1.807) is 11.6 Å². The molecule has 0 radical (unpaired) electrons. The molecule has 0 bridgehead atoms. The first-order valence-corrected chi connectivity index (χ1v) is 7.84. The zero-order valence-corrected chi connectivity index (χ0v) is 14.6. The SMILES string of the molecule is COCCN(CC(F)(F)F)C(=O)c1cc(C)nc2c1cnn2C(C)C. The molecule has 2 heterocycles. The van der Waals surface area contributed by atoms with Crippen LogP contribution in [0.1, 0.15) is 35.9 Å². The molecule has 0 saturated carbocycles. The van der Waals surface area contributed by atoms with Crippen LogP contribution in [-0.4, -0.2) is 58.6 Å². The van der Waals surface area contributed by atoms with Crippen LogP contribution >= 0.6 is 0 Å². The van der Waals surface area contributed by atoms with E-state index in [1.807, 2.05) is 13.8 Å². The third-order valence-electron chi connectivity index (χ3n) is 3.64. The molecule has 1 amide bonds. The van der Waals surface area contributed by atoms with Crippen LogP contribution in [0.5, 0.6) is 0 Å². The molecule has 2 aromatic rings. The van der Waals surface area contributed by atoms with E-state index in [9.17, 15) is 18.0 Å². The van der Waals surface area contributed by atoms with Crippen molar-refractivity contribution in [1.29, 1.82) is 0 Å². The van der Waals surface area contributed by atoms with Crippen molar-refractivity contribution in [3.63, 3.8) is 0 Å². The number of carbonyl (C=O) groups excluding carboxylic acids is 1. The minimum atomic E-state index is -4.49. The van der Waals surface area contributed by atoms with E-state index in [2.05, 4.69) is 10.1 Å². The lowest BCUT2D eigenvalue weighted by molar-refractivity contribution is -0.141. The Hall–Kier alpha value is -2.16. The van der Waals surface area contributed by atoms with Crippen molar-refractivity contribution in [1.82, 2.24) is 19.7 Å². The summed E-state index contributed by atoms with van der Waals surface area (Å²) >= 11 is 0. The number of alkyl halides is 3. The minimum absolute atomic E-state index is 0.00882. The van der Waals surface area contributed by atoms with Crippen molar-refractivity contribution in [2.24, 2.45) is 0 Å². The lowest BCUT2D eigenvalue weighted by Gasteiger charge is -2.24. The predicted octanol–water partition coefficient (Wildman–Crippen LogP) is 2.97. The number of rotatable bonds is 6. The zero-order chi connectivity index (χ0) is 18.8. The van der Waals surface area contributed by atoms with E-state index in [0.717, 1.165) is 4.90 Å². The number of ether oxygens (including phenoxy) is 1. The van der Waals surface area contributed by atoms with Crippen molar-refractivity contribution < 1.29 is 22.7 Å². The van der Waals surface area contributed by atoms with Gasteiger partial charge in [-0.15, -0.1) is 0 Å². The molecule has 2 rings (SSSR count). The Balaban J connectivity index is 2.48. The lowest BCUT2D eigenvalue weighted by Crippen LogP contribution is -2.41. The highest BCUT2D eigenvalue weighted by Gasteiger charge is 2.34. The number of halogens is 3. The van der Waals surface area contributed by atoms with Crippen LogP contribution in [0.2, 0.25) is 0 Å². The predicted molar refractivity (Wildman–Crippen MR) is 86.5 cm³/mol. The first-order chi connectivity index (χ1) is 11.6. The van der Waals surface area contributed by atoms with E-state index >= 15 is 0 Å². The van der Waals surface area contributed by atoms with Gasteiger partial charge in [-0.25, -0.2) is 9.67 Å². The Bertz CT molecular complexity index is 756. The monoisotopic (exact) mass is 358 g/mol. The fraction of sp³-hybridized carbons (Fsp3) is 0.562. The largest absolute Gasteiger partial charge is 0.406 e. The van der Waals surface area contributed by atoms with Gasteiger partial charge in [-0.05, 0) is 26.8 Å². The summed E-state index contributed by atoms with van der Waals surface area (Å²) < 4.78 is 45.0. The standard InChI is InChI=1S/C16H21F3N4O2/c1-10(2)23-14-13(8-20-23)12(7-11(3)21-14)15(24)22(5-6-25-4)9-16(17,18)19/h7-8,10H,5-6,9H2,1-4H3. The minimum Gasteiger partial charge on any atom is -0.383 e. The summed E-state index contributed by atoms with van der Waals surface area (Å²) in [6.45, 7) is 4.03. The molecule has 0 aliphatic rings. The van der Waals surface area contributed by atoms with Gasteiger partial charge in [-0.1, -0.05) is 0 Å². The second-order valence-electron chi connectivity index (χ2n) is 6.07. The van der Waals surface area contributed by atoms with E-state index in [1.165, 1.54) is 19.4 Å². The van der Waals surface area contributed by atoms with Gasteiger partial charge in [0, 0.05) is 25.4 Å². The number of hydrogen-bond donors (Lipinski definition) is 0. The van der Waals surface area contributed by atoms with Crippen molar-refractivity contribution in [2.45, 2.75) is 33.0 Å². The lowest BCUT2D eigenvalue weighted by atomic mass is 10.1. The topological polar surface area (TPSA) is 60.2 Å². The van der Waals surface area contributed by atoms with Gasteiger partial charge in [-0.2, -0.15) is 18.3 Å². The molecule has 2 aromatic heterocycles. The molecule has 6 nitrogen and oxygen atoms in total. The number of fused-ring (bicyclic) bond motifs is 1. The van der Waals surface area contributed by atoms with Gasteiger partial charge in [0.1, 0.15) is 6.54 Å². The van der Waals surface area contributed by atoms with E-state index in [0.29, 0.717) is 16.7 Å². The Labute approximate surface area is 143 Å².